The normalized spacial score (nSPS) is 11.9. The van der Waals surface area contributed by atoms with Gasteiger partial charge in [-0.05, 0) is 38.1 Å². The quantitative estimate of drug-likeness (QED) is 0.934. The second kappa shape index (κ2) is 6.79. The van der Waals surface area contributed by atoms with Crippen molar-refractivity contribution in [3.05, 3.63) is 40.2 Å². The number of urea groups is 1. The Bertz CT molecular complexity index is 636. The zero-order valence-corrected chi connectivity index (χ0v) is 14.4. The molecular formula is C16H22N4OS. The predicted octanol–water partition coefficient (Wildman–Crippen LogP) is 3.74. The van der Waals surface area contributed by atoms with Crippen molar-refractivity contribution >= 4 is 28.9 Å². The number of nitrogens with one attached hydrogen (secondary N) is 1. The average Bonchev–Trinajstić information content (AvgIpc) is 2.92. The lowest BCUT2D eigenvalue weighted by Gasteiger charge is -2.24. The SMILES string of the molecule is Cc1ccc([C@@H](C)N(C)C(=O)Nc2ccc(N(C)C)nc2)s1. The van der Waals surface area contributed by atoms with Crippen LogP contribution in [0.25, 0.3) is 0 Å². The lowest BCUT2D eigenvalue weighted by molar-refractivity contribution is 0.209. The predicted molar refractivity (Wildman–Crippen MR) is 92.8 cm³/mol. The van der Waals surface area contributed by atoms with E-state index in [9.17, 15) is 4.79 Å². The Balaban J connectivity index is 2.01. The number of anilines is 2. The van der Waals surface area contributed by atoms with Crippen molar-refractivity contribution in [2.45, 2.75) is 19.9 Å². The molecule has 0 spiro atoms. The van der Waals surface area contributed by atoms with Crippen LogP contribution in [0.3, 0.4) is 0 Å². The second-order valence-corrected chi connectivity index (χ2v) is 6.78. The van der Waals surface area contributed by atoms with E-state index in [1.54, 1.807) is 29.5 Å². The van der Waals surface area contributed by atoms with Crippen LogP contribution in [-0.2, 0) is 0 Å². The molecule has 0 radical (unpaired) electrons. The molecule has 0 fully saturated rings. The first kappa shape index (κ1) is 16.3. The molecule has 2 aromatic heterocycles. The first-order chi connectivity index (χ1) is 10.4. The van der Waals surface area contributed by atoms with Crippen LogP contribution >= 0.6 is 11.3 Å². The number of aryl methyl sites for hydroxylation is 1. The van der Waals surface area contributed by atoms with E-state index in [1.807, 2.05) is 38.1 Å². The van der Waals surface area contributed by atoms with E-state index in [2.05, 4.69) is 29.4 Å². The first-order valence-corrected chi connectivity index (χ1v) is 7.93. The molecule has 1 N–H and O–H groups in total. The highest BCUT2D eigenvalue weighted by molar-refractivity contribution is 7.12. The molecule has 0 bridgehead atoms. The van der Waals surface area contributed by atoms with Crippen LogP contribution in [0.2, 0.25) is 0 Å². The number of rotatable bonds is 4. The number of carbonyl (C=O) groups is 1. The van der Waals surface area contributed by atoms with Crippen molar-refractivity contribution < 1.29 is 4.79 Å². The average molecular weight is 318 g/mol. The highest BCUT2D eigenvalue weighted by atomic mass is 32.1. The Hall–Kier alpha value is -2.08. The van der Waals surface area contributed by atoms with Gasteiger partial charge in [0.25, 0.3) is 0 Å². The molecule has 2 aromatic rings. The van der Waals surface area contributed by atoms with Gasteiger partial charge in [0, 0.05) is 30.9 Å². The molecule has 2 rings (SSSR count). The third kappa shape index (κ3) is 3.76. The molecule has 0 aliphatic heterocycles. The molecule has 0 aliphatic rings. The molecule has 118 valence electrons. The Labute approximate surface area is 135 Å². The fraction of sp³-hybridized carbons (Fsp3) is 0.375. The molecule has 0 saturated carbocycles. The van der Waals surface area contributed by atoms with E-state index in [0.717, 1.165) is 5.82 Å². The van der Waals surface area contributed by atoms with Gasteiger partial charge < -0.3 is 15.1 Å². The third-order valence-electron chi connectivity index (χ3n) is 3.53. The van der Waals surface area contributed by atoms with Gasteiger partial charge >= 0.3 is 6.03 Å². The second-order valence-electron chi connectivity index (χ2n) is 5.46. The minimum atomic E-state index is -0.141. The van der Waals surface area contributed by atoms with E-state index in [0.29, 0.717) is 5.69 Å². The summed E-state index contributed by atoms with van der Waals surface area (Å²) in [6.07, 6.45) is 1.67. The van der Waals surface area contributed by atoms with Crippen molar-refractivity contribution in [3.8, 4) is 0 Å². The summed E-state index contributed by atoms with van der Waals surface area (Å²) in [5.74, 6) is 0.855. The summed E-state index contributed by atoms with van der Waals surface area (Å²) < 4.78 is 0. The monoisotopic (exact) mass is 318 g/mol. The molecule has 2 amide bonds. The topological polar surface area (TPSA) is 48.5 Å². The molecule has 1 atom stereocenters. The molecule has 22 heavy (non-hydrogen) atoms. The number of hydrogen-bond donors (Lipinski definition) is 1. The van der Waals surface area contributed by atoms with Crippen molar-refractivity contribution in [3.63, 3.8) is 0 Å². The minimum Gasteiger partial charge on any atom is -0.363 e. The van der Waals surface area contributed by atoms with Crippen LogP contribution < -0.4 is 10.2 Å². The Morgan fingerprint density at radius 3 is 2.45 bits per heavy atom. The Kier molecular flexibility index (Phi) is 5.03. The Morgan fingerprint density at radius 1 is 1.23 bits per heavy atom. The number of nitrogens with zero attached hydrogens (tertiary/aromatic N) is 3. The van der Waals surface area contributed by atoms with E-state index < -0.39 is 0 Å². The van der Waals surface area contributed by atoms with E-state index in [1.165, 1.54) is 9.75 Å². The fourth-order valence-corrected chi connectivity index (χ4v) is 2.95. The standard InChI is InChI=1S/C16H22N4OS/c1-11-6-8-14(22-11)12(2)20(5)16(21)18-13-7-9-15(17-10-13)19(3)4/h6-10,12H,1-5H3,(H,18,21)/t12-/m1/s1. The number of pyridine rings is 1. The van der Waals surface area contributed by atoms with Gasteiger partial charge in [-0.2, -0.15) is 0 Å². The van der Waals surface area contributed by atoms with Gasteiger partial charge in [0.2, 0.25) is 0 Å². The summed E-state index contributed by atoms with van der Waals surface area (Å²) in [7, 11) is 5.66. The first-order valence-electron chi connectivity index (χ1n) is 7.12. The largest absolute Gasteiger partial charge is 0.363 e. The molecule has 0 aliphatic carbocycles. The molecule has 6 heteroatoms. The smallest absolute Gasteiger partial charge is 0.322 e. The maximum absolute atomic E-state index is 12.3. The van der Waals surface area contributed by atoms with E-state index >= 15 is 0 Å². The molecule has 0 saturated heterocycles. The zero-order valence-electron chi connectivity index (χ0n) is 13.6. The van der Waals surface area contributed by atoms with Crippen LogP contribution in [0.5, 0.6) is 0 Å². The van der Waals surface area contributed by atoms with E-state index in [4.69, 9.17) is 0 Å². The molecule has 5 nitrogen and oxygen atoms in total. The number of thiophene rings is 1. The van der Waals surface area contributed by atoms with Gasteiger partial charge in [-0.25, -0.2) is 9.78 Å². The molecular weight excluding hydrogens is 296 g/mol. The van der Waals surface area contributed by atoms with Crippen molar-refractivity contribution in [2.24, 2.45) is 0 Å². The molecule has 2 heterocycles. The van der Waals surface area contributed by atoms with Crippen LogP contribution in [0.1, 0.15) is 22.7 Å². The van der Waals surface area contributed by atoms with Crippen LogP contribution in [0, 0.1) is 6.92 Å². The van der Waals surface area contributed by atoms with Gasteiger partial charge in [0.15, 0.2) is 0 Å². The maximum atomic E-state index is 12.3. The summed E-state index contributed by atoms with van der Waals surface area (Å²) in [6, 6.07) is 7.77. The highest BCUT2D eigenvalue weighted by Gasteiger charge is 2.18. The van der Waals surface area contributed by atoms with E-state index in [-0.39, 0.29) is 12.1 Å². The van der Waals surface area contributed by atoms with Crippen LogP contribution in [0.4, 0.5) is 16.3 Å². The summed E-state index contributed by atoms with van der Waals surface area (Å²) in [4.78, 5) is 22.7. The van der Waals surface area contributed by atoms with Crippen molar-refractivity contribution in [1.82, 2.24) is 9.88 Å². The third-order valence-corrected chi connectivity index (χ3v) is 4.70. The number of amides is 2. The van der Waals surface area contributed by atoms with Crippen molar-refractivity contribution in [1.29, 1.82) is 0 Å². The molecule has 0 aromatic carbocycles. The van der Waals surface area contributed by atoms with Gasteiger partial charge in [-0.1, -0.05) is 0 Å². The van der Waals surface area contributed by atoms with Crippen LogP contribution in [0.15, 0.2) is 30.5 Å². The summed E-state index contributed by atoms with van der Waals surface area (Å²) >= 11 is 1.71. The number of hydrogen-bond acceptors (Lipinski definition) is 4. The number of carbonyl (C=O) groups excluding carboxylic acids is 1. The minimum absolute atomic E-state index is 0.0349. The van der Waals surface area contributed by atoms with Gasteiger partial charge in [-0.15, -0.1) is 11.3 Å². The summed E-state index contributed by atoms with van der Waals surface area (Å²) in [6.45, 7) is 4.09. The maximum Gasteiger partial charge on any atom is 0.322 e. The Morgan fingerprint density at radius 2 is 1.95 bits per heavy atom. The summed E-state index contributed by atoms with van der Waals surface area (Å²) in [5, 5.41) is 2.88. The number of aromatic nitrogens is 1. The fourth-order valence-electron chi connectivity index (χ4n) is 1.98. The summed E-state index contributed by atoms with van der Waals surface area (Å²) in [5.41, 5.74) is 0.692. The van der Waals surface area contributed by atoms with Gasteiger partial charge in [0.1, 0.15) is 5.82 Å². The highest BCUT2D eigenvalue weighted by Crippen LogP contribution is 2.26. The lowest BCUT2D eigenvalue weighted by atomic mass is 10.2. The van der Waals surface area contributed by atoms with Gasteiger partial charge in [0.05, 0.1) is 17.9 Å². The molecule has 0 unspecified atom stereocenters. The zero-order chi connectivity index (χ0) is 16.3. The van der Waals surface area contributed by atoms with Gasteiger partial charge in [-0.3, -0.25) is 0 Å². The van der Waals surface area contributed by atoms with Crippen LogP contribution in [-0.4, -0.2) is 37.1 Å². The lowest BCUT2D eigenvalue weighted by Crippen LogP contribution is -2.33. The van der Waals surface area contributed by atoms with Crippen molar-refractivity contribution in [2.75, 3.05) is 31.4 Å².